The van der Waals surface area contributed by atoms with Gasteiger partial charge in [0.25, 0.3) is 0 Å². The number of rotatable bonds is 7. The van der Waals surface area contributed by atoms with Crippen LogP contribution in [0.5, 0.6) is 5.75 Å². The summed E-state index contributed by atoms with van der Waals surface area (Å²) in [5, 5.41) is 7.10. The molecule has 8 heteroatoms. The first-order valence-electron chi connectivity index (χ1n) is 8.76. The summed E-state index contributed by atoms with van der Waals surface area (Å²) in [7, 11) is 1.62. The van der Waals surface area contributed by atoms with Crippen LogP contribution in [0.3, 0.4) is 0 Å². The first-order valence-corrected chi connectivity index (χ1v) is 9.14. The molecular weight excluding hydrogens is 467 g/mol. The van der Waals surface area contributed by atoms with E-state index in [2.05, 4.69) is 15.6 Å². The van der Waals surface area contributed by atoms with E-state index in [1.54, 1.807) is 7.11 Å². The Morgan fingerprint density at radius 2 is 2.04 bits per heavy atom. The van der Waals surface area contributed by atoms with Gasteiger partial charge in [0.15, 0.2) is 5.96 Å². The molecule has 2 rings (SSSR count). The molecule has 0 radical (unpaired) electrons. The van der Waals surface area contributed by atoms with E-state index < -0.39 is 0 Å². The highest BCUT2D eigenvalue weighted by Crippen LogP contribution is 2.22. The van der Waals surface area contributed by atoms with Gasteiger partial charge in [-0.2, -0.15) is 0 Å². The molecule has 0 saturated carbocycles. The molecule has 1 heterocycles. The van der Waals surface area contributed by atoms with Crippen molar-refractivity contribution in [1.29, 1.82) is 0 Å². The number of halogens is 2. The summed E-state index contributed by atoms with van der Waals surface area (Å²) in [6.45, 7) is 5.31. The average molecular weight is 495 g/mol. The van der Waals surface area contributed by atoms with Gasteiger partial charge in [-0.25, -0.2) is 4.99 Å². The summed E-state index contributed by atoms with van der Waals surface area (Å²) in [6.07, 6.45) is 2.94. The molecule has 2 N–H and O–H groups in total. The maximum atomic E-state index is 12.1. The van der Waals surface area contributed by atoms with E-state index in [-0.39, 0.29) is 36.4 Å². The molecule has 0 aromatic heterocycles. The predicted molar refractivity (Wildman–Crippen MR) is 117 cm³/mol. The third-order valence-electron chi connectivity index (χ3n) is 4.12. The van der Waals surface area contributed by atoms with Crippen LogP contribution >= 0.6 is 35.6 Å². The number of methoxy groups -OCH3 is 1. The second-order valence-electron chi connectivity index (χ2n) is 5.92. The molecule has 1 amide bonds. The Morgan fingerprint density at radius 3 is 2.65 bits per heavy atom. The molecule has 6 nitrogen and oxygen atoms in total. The van der Waals surface area contributed by atoms with Crippen LogP contribution in [0, 0.1) is 0 Å². The molecule has 1 aromatic rings. The van der Waals surface area contributed by atoms with Crippen molar-refractivity contribution in [2.45, 2.75) is 26.2 Å². The number of guanidine groups is 1. The first-order chi connectivity index (χ1) is 12.1. The Morgan fingerprint density at radius 1 is 1.31 bits per heavy atom. The molecule has 0 spiro atoms. The van der Waals surface area contributed by atoms with E-state index in [4.69, 9.17) is 16.3 Å². The molecule has 1 fully saturated rings. The van der Waals surface area contributed by atoms with Gasteiger partial charge in [0.05, 0.1) is 7.11 Å². The van der Waals surface area contributed by atoms with Gasteiger partial charge in [-0.15, -0.1) is 24.0 Å². The van der Waals surface area contributed by atoms with E-state index in [9.17, 15) is 4.79 Å². The fraction of sp³-hybridized carbons (Fsp3) is 0.556. The van der Waals surface area contributed by atoms with Gasteiger partial charge < -0.3 is 20.3 Å². The lowest BCUT2D eigenvalue weighted by Crippen LogP contribution is -2.39. The lowest BCUT2D eigenvalue weighted by molar-refractivity contribution is -0.128. The largest absolute Gasteiger partial charge is 0.497 e. The van der Waals surface area contributed by atoms with Crippen LogP contribution in [-0.2, 0) is 11.2 Å². The quantitative estimate of drug-likeness (QED) is 0.348. The highest BCUT2D eigenvalue weighted by atomic mass is 127. The molecule has 26 heavy (non-hydrogen) atoms. The molecule has 1 aliphatic heterocycles. The number of nitrogens with zero attached hydrogens (tertiary/aromatic N) is 2. The van der Waals surface area contributed by atoms with Crippen LogP contribution in [0.2, 0.25) is 5.02 Å². The van der Waals surface area contributed by atoms with E-state index in [1.165, 1.54) is 0 Å². The van der Waals surface area contributed by atoms with Crippen molar-refractivity contribution in [2.24, 2.45) is 4.99 Å². The number of hydrogen-bond acceptors (Lipinski definition) is 3. The summed E-state index contributed by atoms with van der Waals surface area (Å²) in [5.41, 5.74) is 1.04. The normalized spacial score (nSPS) is 14.0. The monoisotopic (exact) mass is 494 g/mol. The molecule has 0 atom stereocenters. The molecule has 1 saturated heterocycles. The smallest absolute Gasteiger partial charge is 0.244 e. The van der Waals surface area contributed by atoms with Crippen molar-refractivity contribution in [2.75, 3.05) is 39.8 Å². The number of nitrogens with one attached hydrogen (secondary N) is 2. The third kappa shape index (κ3) is 7.19. The summed E-state index contributed by atoms with van der Waals surface area (Å²) >= 11 is 6.26. The number of carbonyl (C=O) groups excluding carboxylic acids is 1. The van der Waals surface area contributed by atoms with Gasteiger partial charge >= 0.3 is 0 Å². The zero-order valence-electron chi connectivity index (χ0n) is 15.4. The fourth-order valence-corrected chi connectivity index (χ4v) is 2.99. The zero-order valence-corrected chi connectivity index (χ0v) is 18.5. The minimum atomic E-state index is 0. The maximum absolute atomic E-state index is 12.1. The lowest BCUT2D eigenvalue weighted by atomic mass is 10.1. The summed E-state index contributed by atoms with van der Waals surface area (Å²) in [5.74, 6) is 1.49. The molecule has 0 bridgehead atoms. The van der Waals surface area contributed by atoms with Crippen LogP contribution in [0.25, 0.3) is 0 Å². The average Bonchev–Trinajstić information content (AvgIpc) is 3.15. The molecule has 0 aliphatic carbocycles. The van der Waals surface area contributed by atoms with Gasteiger partial charge in [-0.3, -0.25) is 4.79 Å². The Labute approximate surface area is 177 Å². The number of ether oxygens (including phenoxy) is 1. The summed E-state index contributed by atoms with van der Waals surface area (Å²) in [4.78, 5) is 18.4. The van der Waals surface area contributed by atoms with E-state index in [0.717, 1.165) is 50.2 Å². The van der Waals surface area contributed by atoms with Crippen molar-refractivity contribution in [3.05, 3.63) is 28.8 Å². The Kier molecular flexibility index (Phi) is 10.7. The van der Waals surface area contributed by atoms with Crippen LogP contribution in [0.15, 0.2) is 23.2 Å². The Balaban J connectivity index is 0.00000338. The SMILES string of the molecule is CCNC(=NCC(=O)N1CCCC1)NCCc1ccc(OC)cc1Cl.I. The van der Waals surface area contributed by atoms with Crippen LogP contribution in [-0.4, -0.2) is 56.6 Å². The zero-order chi connectivity index (χ0) is 18.1. The van der Waals surface area contributed by atoms with Crippen molar-refractivity contribution in [3.8, 4) is 5.75 Å². The van der Waals surface area contributed by atoms with E-state index in [1.807, 2.05) is 30.0 Å². The number of hydrogen-bond donors (Lipinski definition) is 2. The third-order valence-corrected chi connectivity index (χ3v) is 4.47. The Bertz CT molecular complexity index is 607. The second kappa shape index (κ2) is 12.2. The highest BCUT2D eigenvalue weighted by molar-refractivity contribution is 14.0. The standard InChI is InChI=1S/C18H27ClN4O2.HI/c1-3-20-18(22-13-17(24)23-10-4-5-11-23)21-9-8-14-6-7-15(25-2)12-16(14)19;/h6-7,12H,3-5,8-11,13H2,1-2H3,(H2,20,21,22);1H. The minimum absolute atomic E-state index is 0. The highest BCUT2D eigenvalue weighted by Gasteiger charge is 2.17. The van der Waals surface area contributed by atoms with Gasteiger partial charge in [0.1, 0.15) is 12.3 Å². The molecule has 0 unspecified atom stereocenters. The number of carbonyl (C=O) groups is 1. The van der Waals surface area contributed by atoms with Crippen LogP contribution < -0.4 is 15.4 Å². The van der Waals surface area contributed by atoms with E-state index in [0.29, 0.717) is 17.5 Å². The number of amides is 1. The second-order valence-corrected chi connectivity index (χ2v) is 6.32. The molecule has 1 aliphatic rings. The van der Waals surface area contributed by atoms with Crippen molar-refractivity contribution < 1.29 is 9.53 Å². The lowest BCUT2D eigenvalue weighted by Gasteiger charge is -2.15. The van der Waals surface area contributed by atoms with Crippen LogP contribution in [0.1, 0.15) is 25.3 Å². The van der Waals surface area contributed by atoms with Crippen molar-refractivity contribution in [3.63, 3.8) is 0 Å². The van der Waals surface area contributed by atoms with E-state index >= 15 is 0 Å². The summed E-state index contributed by atoms with van der Waals surface area (Å²) < 4.78 is 5.16. The van der Waals surface area contributed by atoms with Crippen LogP contribution in [0.4, 0.5) is 0 Å². The van der Waals surface area contributed by atoms with Crippen molar-refractivity contribution in [1.82, 2.24) is 15.5 Å². The fourth-order valence-electron chi connectivity index (χ4n) is 2.73. The number of benzene rings is 1. The first kappa shape index (κ1) is 22.8. The van der Waals surface area contributed by atoms with Gasteiger partial charge in [0.2, 0.25) is 5.91 Å². The van der Waals surface area contributed by atoms with Gasteiger partial charge in [-0.1, -0.05) is 17.7 Å². The maximum Gasteiger partial charge on any atom is 0.244 e. The molecular formula is C18H28ClIN4O2. The molecule has 1 aromatic carbocycles. The minimum Gasteiger partial charge on any atom is -0.497 e. The summed E-state index contributed by atoms with van der Waals surface area (Å²) in [6, 6.07) is 5.67. The van der Waals surface area contributed by atoms with Crippen molar-refractivity contribution >= 4 is 47.4 Å². The topological polar surface area (TPSA) is 66.0 Å². The molecule has 146 valence electrons. The number of likely N-dealkylation sites (tertiary alicyclic amines) is 1. The van der Waals surface area contributed by atoms with Gasteiger partial charge in [0, 0.05) is 31.2 Å². The Hall–Kier alpha value is -1.22. The predicted octanol–water partition coefficient (Wildman–Crippen LogP) is 2.69. The number of aliphatic imine (C=N–C) groups is 1. The van der Waals surface area contributed by atoms with Gasteiger partial charge in [-0.05, 0) is 43.9 Å².